The first-order valence-electron chi connectivity index (χ1n) is 7.98. The van der Waals surface area contributed by atoms with Crippen LogP contribution in [0.1, 0.15) is 47.9 Å². The summed E-state index contributed by atoms with van der Waals surface area (Å²) in [6.07, 6.45) is 2.48. The van der Waals surface area contributed by atoms with Crippen molar-refractivity contribution in [3.63, 3.8) is 0 Å². The lowest BCUT2D eigenvalue weighted by molar-refractivity contribution is 0.0716. The number of carbonyl (C=O) groups excluding carboxylic acids is 1. The van der Waals surface area contributed by atoms with E-state index in [0.29, 0.717) is 17.3 Å². The molecular weight excluding hydrogens is 292 g/mol. The molecule has 1 atom stereocenters. The fraction of sp³-hybridized carbons (Fsp3) is 0.471. The molecule has 1 amide bonds. The van der Waals surface area contributed by atoms with Crippen LogP contribution in [0.4, 0.5) is 5.69 Å². The zero-order valence-corrected chi connectivity index (χ0v) is 13.8. The molecule has 2 heterocycles. The average molecular weight is 314 g/mol. The van der Waals surface area contributed by atoms with Crippen molar-refractivity contribution in [2.45, 2.75) is 32.7 Å². The van der Waals surface area contributed by atoms with Gasteiger partial charge in [-0.25, -0.2) is 0 Å². The number of carbonyl (C=O) groups is 1. The van der Waals surface area contributed by atoms with Crippen molar-refractivity contribution in [2.75, 3.05) is 25.0 Å². The number of hydrogen-bond acceptors (Lipinski definition) is 5. The molecule has 0 aliphatic carbocycles. The molecule has 0 spiro atoms. The van der Waals surface area contributed by atoms with Crippen molar-refractivity contribution in [3.8, 4) is 0 Å². The van der Waals surface area contributed by atoms with E-state index in [-0.39, 0.29) is 11.9 Å². The SMILES string of the molecule is Cc1noc([C@H](C)N(C)C(=O)c2ccc(N3CCCC3)cc2)n1. The summed E-state index contributed by atoms with van der Waals surface area (Å²) in [5.41, 5.74) is 1.85. The Morgan fingerprint density at radius 3 is 2.48 bits per heavy atom. The van der Waals surface area contributed by atoms with Gasteiger partial charge < -0.3 is 14.3 Å². The number of rotatable bonds is 4. The van der Waals surface area contributed by atoms with Gasteiger partial charge in [0.2, 0.25) is 5.89 Å². The van der Waals surface area contributed by atoms with Crippen molar-refractivity contribution >= 4 is 11.6 Å². The second-order valence-corrected chi connectivity index (χ2v) is 6.01. The number of anilines is 1. The van der Waals surface area contributed by atoms with Gasteiger partial charge >= 0.3 is 0 Å². The largest absolute Gasteiger partial charge is 0.372 e. The Balaban J connectivity index is 1.71. The third kappa shape index (κ3) is 3.21. The quantitative estimate of drug-likeness (QED) is 0.868. The molecule has 2 aromatic rings. The van der Waals surface area contributed by atoms with Crippen molar-refractivity contribution < 1.29 is 9.32 Å². The molecule has 0 bridgehead atoms. The standard InChI is InChI=1S/C17H22N4O2/c1-12(16-18-13(2)19-23-16)20(3)17(22)14-6-8-15(9-7-14)21-10-4-5-11-21/h6-9,12H,4-5,10-11H2,1-3H3/t12-/m0/s1. The first-order valence-corrected chi connectivity index (χ1v) is 7.98. The number of amides is 1. The predicted molar refractivity (Wildman–Crippen MR) is 87.4 cm³/mol. The molecule has 1 aliphatic rings. The molecule has 1 fully saturated rings. The van der Waals surface area contributed by atoms with E-state index >= 15 is 0 Å². The number of hydrogen-bond donors (Lipinski definition) is 0. The molecular formula is C17H22N4O2. The van der Waals surface area contributed by atoms with Crippen molar-refractivity contribution in [1.82, 2.24) is 15.0 Å². The molecule has 23 heavy (non-hydrogen) atoms. The second-order valence-electron chi connectivity index (χ2n) is 6.01. The fourth-order valence-electron chi connectivity index (χ4n) is 2.82. The molecule has 0 unspecified atom stereocenters. The highest BCUT2D eigenvalue weighted by Crippen LogP contribution is 2.23. The van der Waals surface area contributed by atoms with E-state index in [4.69, 9.17) is 4.52 Å². The van der Waals surface area contributed by atoms with Crippen LogP contribution >= 0.6 is 0 Å². The molecule has 3 rings (SSSR count). The molecule has 1 aromatic heterocycles. The van der Waals surface area contributed by atoms with Crippen LogP contribution in [-0.2, 0) is 0 Å². The van der Waals surface area contributed by atoms with Gasteiger partial charge in [0.05, 0.1) is 0 Å². The van der Waals surface area contributed by atoms with Crippen LogP contribution in [0.5, 0.6) is 0 Å². The van der Waals surface area contributed by atoms with Gasteiger partial charge in [-0.15, -0.1) is 0 Å². The second kappa shape index (κ2) is 6.40. The number of aryl methyl sites for hydroxylation is 1. The van der Waals surface area contributed by atoms with Crippen LogP contribution in [0.25, 0.3) is 0 Å². The summed E-state index contributed by atoms with van der Waals surface area (Å²) in [7, 11) is 1.75. The van der Waals surface area contributed by atoms with Gasteiger partial charge in [-0.2, -0.15) is 4.98 Å². The van der Waals surface area contributed by atoms with Gasteiger partial charge in [0.15, 0.2) is 5.82 Å². The third-order valence-corrected chi connectivity index (χ3v) is 4.39. The highest BCUT2D eigenvalue weighted by atomic mass is 16.5. The van der Waals surface area contributed by atoms with Crippen LogP contribution < -0.4 is 4.90 Å². The number of aromatic nitrogens is 2. The maximum Gasteiger partial charge on any atom is 0.254 e. The maximum atomic E-state index is 12.6. The number of benzene rings is 1. The molecule has 6 heteroatoms. The van der Waals surface area contributed by atoms with Gasteiger partial charge in [-0.3, -0.25) is 4.79 Å². The summed E-state index contributed by atoms with van der Waals surface area (Å²) in [6, 6.07) is 7.56. The van der Waals surface area contributed by atoms with E-state index < -0.39 is 0 Å². The van der Waals surface area contributed by atoms with E-state index in [1.807, 2.05) is 31.2 Å². The van der Waals surface area contributed by atoms with E-state index in [9.17, 15) is 4.79 Å². The summed E-state index contributed by atoms with van der Waals surface area (Å²) in [5.74, 6) is 0.969. The highest BCUT2D eigenvalue weighted by Gasteiger charge is 2.23. The lowest BCUT2D eigenvalue weighted by Crippen LogP contribution is -2.30. The van der Waals surface area contributed by atoms with Gasteiger partial charge in [-0.1, -0.05) is 5.16 Å². The molecule has 122 valence electrons. The van der Waals surface area contributed by atoms with E-state index in [1.54, 1.807) is 18.9 Å². The Hall–Kier alpha value is -2.37. The molecule has 6 nitrogen and oxygen atoms in total. The Morgan fingerprint density at radius 1 is 1.26 bits per heavy atom. The maximum absolute atomic E-state index is 12.6. The van der Waals surface area contributed by atoms with E-state index in [1.165, 1.54) is 18.5 Å². The molecule has 0 saturated carbocycles. The van der Waals surface area contributed by atoms with Crippen molar-refractivity contribution in [1.29, 1.82) is 0 Å². The monoisotopic (exact) mass is 314 g/mol. The van der Waals surface area contributed by atoms with Crippen LogP contribution in [-0.4, -0.2) is 41.1 Å². The van der Waals surface area contributed by atoms with Gasteiger partial charge in [0, 0.05) is 31.4 Å². The minimum atomic E-state index is -0.262. The summed E-state index contributed by atoms with van der Waals surface area (Å²) >= 11 is 0. The first-order chi connectivity index (χ1) is 11.1. The Morgan fingerprint density at radius 2 is 1.91 bits per heavy atom. The van der Waals surface area contributed by atoms with Gasteiger partial charge in [0.1, 0.15) is 6.04 Å². The van der Waals surface area contributed by atoms with E-state index in [2.05, 4.69) is 15.0 Å². The van der Waals surface area contributed by atoms with Gasteiger partial charge in [-0.05, 0) is 51.0 Å². The summed E-state index contributed by atoms with van der Waals surface area (Å²) in [4.78, 5) is 20.8. The molecule has 1 aromatic carbocycles. The topological polar surface area (TPSA) is 62.5 Å². The normalized spacial score (nSPS) is 15.7. The highest BCUT2D eigenvalue weighted by molar-refractivity contribution is 5.94. The zero-order valence-electron chi connectivity index (χ0n) is 13.8. The molecule has 1 saturated heterocycles. The lowest BCUT2D eigenvalue weighted by atomic mass is 10.1. The van der Waals surface area contributed by atoms with Crippen molar-refractivity contribution in [3.05, 3.63) is 41.5 Å². The molecule has 1 aliphatic heterocycles. The van der Waals surface area contributed by atoms with Crippen LogP contribution in [0, 0.1) is 6.92 Å². The first kappa shape index (κ1) is 15.5. The van der Waals surface area contributed by atoms with Crippen LogP contribution in [0.15, 0.2) is 28.8 Å². The third-order valence-electron chi connectivity index (χ3n) is 4.39. The Kier molecular flexibility index (Phi) is 4.32. The fourth-order valence-corrected chi connectivity index (χ4v) is 2.82. The summed E-state index contributed by atoms with van der Waals surface area (Å²) in [6.45, 7) is 5.84. The zero-order chi connectivity index (χ0) is 16.4. The van der Waals surface area contributed by atoms with Crippen molar-refractivity contribution in [2.24, 2.45) is 0 Å². The minimum absolute atomic E-state index is 0.0543. The average Bonchev–Trinajstić information content (AvgIpc) is 3.24. The van der Waals surface area contributed by atoms with Crippen LogP contribution in [0.3, 0.4) is 0 Å². The minimum Gasteiger partial charge on any atom is -0.372 e. The molecule has 0 radical (unpaired) electrons. The smallest absolute Gasteiger partial charge is 0.254 e. The molecule has 0 N–H and O–H groups in total. The summed E-state index contributed by atoms with van der Waals surface area (Å²) < 4.78 is 5.16. The summed E-state index contributed by atoms with van der Waals surface area (Å²) in [5, 5.41) is 3.78. The Labute approximate surface area is 136 Å². The Bertz CT molecular complexity index is 674. The number of nitrogens with zero attached hydrogens (tertiary/aromatic N) is 4. The lowest BCUT2D eigenvalue weighted by Gasteiger charge is -2.23. The van der Waals surface area contributed by atoms with E-state index in [0.717, 1.165) is 13.1 Å². The van der Waals surface area contributed by atoms with Gasteiger partial charge in [0.25, 0.3) is 5.91 Å². The van der Waals surface area contributed by atoms with Crippen LogP contribution in [0.2, 0.25) is 0 Å². The predicted octanol–water partition coefficient (Wildman–Crippen LogP) is 2.81.